The molecule has 0 aliphatic heterocycles. The number of carbonyl (C=O) groups excluding carboxylic acids is 1. The average Bonchev–Trinajstić information content (AvgIpc) is 3.05. The van der Waals surface area contributed by atoms with Crippen molar-refractivity contribution in [3.8, 4) is 21.9 Å². The van der Waals surface area contributed by atoms with Crippen LogP contribution < -0.4 is 14.6 Å². The molecular formula is C22H17F4O4S-. The van der Waals surface area contributed by atoms with E-state index >= 15 is 0 Å². The minimum absolute atomic E-state index is 0.0950. The molecule has 164 valence electrons. The number of hydrogen-bond acceptors (Lipinski definition) is 5. The van der Waals surface area contributed by atoms with Crippen LogP contribution in [0.25, 0.3) is 10.4 Å². The first-order valence-electron chi connectivity index (χ1n) is 9.07. The van der Waals surface area contributed by atoms with Crippen LogP contribution in [0.3, 0.4) is 0 Å². The fourth-order valence-electron chi connectivity index (χ4n) is 2.85. The van der Waals surface area contributed by atoms with Crippen LogP contribution in [0.1, 0.15) is 21.6 Å². The summed E-state index contributed by atoms with van der Waals surface area (Å²) in [4.78, 5) is 11.8. The third-order valence-electron chi connectivity index (χ3n) is 4.44. The van der Waals surface area contributed by atoms with Crippen LogP contribution >= 0.6 is 11.3 Å². The van der Waals surface area contributed by atoms with E-state index in [4.69, 9.17) is 9.47 Å². The van der Waals surface area contributed by atoms with Crippen LogP contribution in [0, 0.1) is 19.7 Å². The van der Waals surface area contributed by atoms with Gasteiger partial charge < -0.3 is 19.4 Å². The largest absolute Gasteiger partial charge is 0.546 e. The molecule has 0 unspecified atom stereocenters. The van der Waals surface area contributed by atoms with E-state index in [1.165, 1.54) is 11.3 Å². The van der Waals surface area contributed by atoms with Gasteiger partial charge in [-0.1, -0.05) is 6.07 Å². The third-order valence-corrected chi connectivity index (χ3v) is 5.69. The van der Waals surface area contributed by atoms with Gasteiger partial charge in [0.1, 0.15) is 30.5 Å². The molecule has 0 bridgehead atoms. The van der Waals surface area contributed by atoms with E-state index in [2.05, 4.69) is 0 Å². The maximum atomic E-state index is 14.3. The summed E-state index contributed by atoms with van der Waals surface area (Å²) in [6.45, 7) is 3.17. The van der Waals surface area contributed by atoms with Gasteiger partial charge in [-0.05, 0) is 61.4 Å². The summed E-state index contributed by atoms with van der Waals surface area (Å²) in [6.07, 6.45) is -4.60. The first-order chi connectivity index (χ1) is 14.5. The zero-order valence-electron chi connectivity index (χ0n) is 16.5. The van der Waals surface area contributed by atoms with Crippen LogP contribution in [0.5, 0.6) is 11.5 Å². The lowest BCUT2D eigenvalue weighted by atomic mass is 10.1. The second kappa shape index (κ2) is 8.97. The maximum absolute atomic E-state index is 14.3. The van der Waals surface area contributed by atoms with Gasteiger partial charge >= 0.3 is 6.18 Å². The Morgan fingerprint density at radius 3 is 2.39 bits per heavy atom. The van der Waals surface area contributed by atoms with E-state index in [-0.39, 0.29) is 12.2 Å². The Balaban J connectivity index is 1.72. The van der Waals surface area contributed by atoms with Gasteiger partial charge in [0.05, 0.1) is 11.5 Å². The Labute approximate surface area is 179 Å². The van der Waals surface area contributed by atoms with Crippen LogP contribution in [-0.4, -0.2) is 12.6 Å². The first kappa shape index (κ1) is 22.6. The number of aryl methyl sites for hydroxylation is 2. The summed E-state index contributed by atoms with van der Waals surface area (Å²) in [5, 5.41) is 10.5. The van der Waals surface area contributed by atoms with Crippen molar-refractivity contribution in [1.29, 1.82) is 0 Å². The monoisotopic (exact) mass is 453 g/mol. The number of rotatable bonds is 7. The van der Waals surface area contributed by atoms with Gasteiger partial charge in [-0.3, -0.25) is 0 Å². The third kappa shape index (κ3) is 5.55. The number of hydrogen-bond donors (Lipinski definition) is 0. The van der Waals surface area contributed by atoms with Crippen LogP contribution in [0.4, 0.5) is 17.6 Å². The van der Waals surface area contributed by atoms with Gasteiger partial charge in [0.25, 0.3) is 0 Å². The van der Waals surface area contributed by atoms with Gasteiger partial charge in [0.2, 0.25) is 0 Å². The number of halogens is 4. The van der Waals surface area contributed by atoms with E-state index in [9.17, 15) is 27.5 Å². The van der Waals surface area contributed by atoms with E-state index in [1.54, 1.807) is 31.2 Å². The van der Waals surface area contributed by atoms with E-state index in [1.807, 2.05) is 6.92 Å². The van der Waals surface area contributed by atoms with Crippen molar-refractivity contribution in [3.63, 3.8) is 0 Å². The zero-order valence-corrected chi connectivity index (χ0v) is 17.3. The molecule has 0 radical (unpaired) electrons. The molecule has 0 spiro atoms. The summed E-state index contributed by atoms with van der Waals surface area (Å²) >= 11 is 1.23. The normalized spacial score (nSPS) is 11.4. The van der Waals surface area contributed by atoms with Crippen molar-refractivity contribution < 1.29 is 36.9 Å². The zero-order chi connectivity index (χ0) is 22.8. The quantitative estimate of drug-likeness (QED) is 0.478. The molecule has 1 aromatic heterocycles. The molecule has 2 aromatic carbocycles. The van der Waals surface area contributed by atoms with Gasteiger partial charge in [-0.15, -0.1) is 11.3 Å². The van der Waals surface area contributed by atoms with E-state index in [0.717, 1.165) is 22.6 Å². The van der Waals surface area contributed by atoms with Gasteiger partial charge in [-0.2, -0.15) is 13.2 Å². The molecule has 4 nitrogen and oxygen atoms in total. The molecule has 0 saturated carbocycles. The standard InChI is InChI=1S/C22H18F4O4S/c1-12-7-15(4-6-18(12)30-11-21(27)28)29-10-20-13(2)8-19(31-20)16-5-3-14(9-17(16)23)22(24,25)26/h3-9H,10-11H2,1-2H3,(H,27,28)/p-1. The lowest BCUT2D eigenvalue weighted by molar-refractivity contribution is -0.307. The molecule has 3 aromatic rings. The van der Waals surface area contributed by atoms with E-state index in [0.29, 0.717) is 28.0 Å². The highest BCUT2D eigenvalue weighted by Gasteiger charge is 2.31. The topological polar surface area (TPSA) is 58.6 Å². The SMILES string of the molecule is Cc1cc(OCc2sc(-c3ccc(C(F)(F)F)cc3F)cc2C)ccc1OCC(=O)[O-]. The minimum Gasteiger partial charge on any atom is -0.546 e. The number of carbonyl (C=O) groups is 1. The van der Waals surface area contributed by atoms with Crippen molar-refractivity contribution in [2.24, 2.45) is 0 Å². The number of carboxylic acids is 1. The molecule has 0 aliphatic carbocycles. The molecule has 31 heavy (non-hydrogen) atoms. The van der Waals surface area contributed by atoms with Crippen LogP contribution in [0.15, 0.2) is 42.5 Å². The summed E-state index contributed by atoms with van der Waals surface area (Å²) < 4.78 is 63.4. The highest BCUT2D eigenvalue weighted by Crippen LogP contribution is 2.37. The molecular weight excluding hydrogens is 436 g/mol. The fraction of sp³-hybridized carbons (Fsp3) is 0.227. The highest BCUT2D eigenvalue weighted by atomic mass is 32.1. The van der Waals surface area contributed by atoms with Crippen molar-refractivity contribution in [1.82, 2.24) is 0 Å². The lowest BCUT2D eigenvalue weighted by Gasteiger charge is -2.12. The Morgan fingerprint density at radius 1 is 1.03 bits per heavy atom. The Kier molecular flexibility index (Phi) is 6.54. The number of carboxylic acid groups (broad SMARTS) is 1. The molecule has 0 fully saturated rings. The smallest absolute Gasteiger partial charge is 0.416 e. The van der Waals surface area contributed by atoms with Gasteiger partial charge in [0, 0.05) is 15.3 Å². The fourth-order valence-corrected chi connectivity index (χ4v) is 3.96. The Hall–Kier alpha value is -3.07. The van der Waals surface area contributed by atoms with Gasteiger partial charge in [0.15, 0.2) is 0 Å². The average molecular weight is 453 g/mol. The Morgan fingerprint density at radius 2 is 1.77 bits per heavy atom. The van der Waals surface area contributed by atoms with Crippen molar-refractivity contribution >= 4 is 17.3 Å². The highest BCUT2D eigenvalue weighted by molar-refractivity contribution is 7.15. The molecule has 1 heterocycles. The number of benzene rings is 2. The van der Waals surface area contributed by atoms with Crippen LogP contribution in [0.2, 0.25) is 0 Å². The second-order valence-electron chi connectivity index (χ2n) is 6.79. The maximum Gasteiger partial charge on any atom is 0.416 e. The number of thiophene rings is 1. The summed E-state index contributed by atoms with van der Waals surface area (Å²) in [5.74, 6) is -1.35. The molecule has 0 aliphatic rings. The summed E-state index contributed by atoms with van der Waals surface area (Å²) in [5.41, 5.74) is 0.560. The van der Waals surface area contributed by atoms with Crippen LogP contribution in [-0.2, 0) is 17.6 Å². The summed E-state index contributed by atoms with van der Waals surface area (Å²) in [7, 11) is 0. The first-order valence-corrected chi connectivity index (χ1v) is 9.89. The number of aliphatic carboxylic acids is 1. The number of alkyl halides is 3. The molecule has 0 saturated heterocycles. The molecule has 3 rings (SSSR count). The Bertz CT molecular complexity index is 1110. The molecule has 0 N–H and O–H groups in total. The van der Waals surface area contributed by atoms with Crippen molar-refractivity contribution in [3.05, 3.63) is 69.8 Å². The molecule has 0 amide bonds. The van der Waals surface area contributed by atoms with Gasteiger partial charge in [-0.25, -0.2) is 4.39 Å². The second-order valence-corrected chi connectivity index (χ2v) is 7.92. The number of ether oxygens (including phenoxy) is 2. The molecule has 9 heteroatoms. The van der Waals surface area contributed by atoms with Crippen molar-refractivity contribution in [2.45, 2.75) is 26.6 Å². The molecule has 0 atom stereocenters. The van der Waals surface area contributed by atoms with E-state index < -0.39 is 30.1 Å². The minimum atomic E-state index is -4.60. The lowest BCUT2D eigenvalue weighted by Crippen LogP contribution is -2.29. The van der Waals surface area contributed by atoms with Crippen molar-refractivity contribution in [2.75, 3.05) is 6.61 Å². The predicted octanol–water partition coefficient (Wildman–Crippen LogP) is 4.90. The predicted molar refractivity (Wildman–Crippen MR) is 105 cm³/mol. The summed E-state index contributed by atoms with van der Waals surface area (Å²) in [6, 6.07) is 9.07.